The zero-order valence-electron chi connectivity index (χ0n) is 10.9. The molecule has 1 aromatic rings. The van der Waals surface area contributed by atoms with Gasteiger partial charge >= 0.3 is 5.97 Å². The molecule has 3 rings (SSSR count). The molecule has 0 saturated heterocycles. The van der Waals surface area contributed by atoms with Gasteiger partial charge in [0.25, 0.3) is 0 Å². The summed E-state index contributed by atoms with van der Waals surface area (Å²) < 4.78 is 0. The minimum absolute atomic E-state index is 0.240. The van der Waals surface area contributed by atoms with Gasteiger partial charge in [-0.25, -0.2) is 4.79 Å². The van der Waals surface area contributed by atoms with E-state index >= 15 is 0 Å². The maximum atomic E-state index is 10.8. The highest BCUT2D eigenvalue weighted by Gasteiger charge is 2.41. The zero-order valence-corrected chi connectivity index (χ0v) is 10.9. The first-order valence-electron chi connectivity index (χ1n) is 7.02. The maximum Gasteiger partial charge on any atom is 0.335 e. The molecule has 0 bridgehead atoms. The summed E-state index contributed by atoms with van der Waals surface area (Å²) in [5.74, 6) is 1.64. The summed E-state index contributed by atoms with van der Waals surface area (Å²) in [7, 11) is 0. The second-order valence-corrected chi connectivity index (χ2v) is 5.83. The van der Waals surface area contributed by atoms with E-state index in [1.54, 1.807) is 12.1 Å². The SMILES string of the molecule is Nc1cc(C(=O)O)ccc1NCC(C1CC1)C1CC1. The molecule has 0 radical (unpaired) electrons. The first kappa shape index (κ1) is 12.3. The lowest BCUT2D eigenvalue weighted by Crippen LogP contribution is -2.19. The molecule has 4 N–H and O–H groups in total. The molecule has 2 saturated carbocycles. The van der Waals surface area contributed by atoms with E-state index in [4.69, 9.17) is 10.8 Å². The minimum Gasteiger partial charge on any atom is -0.478 e. The van der Waals surface area contributed by atoms with Gasteiger partial charge in [-0.1, -0.05) is 0 Å². The fourth-order valence-corrected chi connectivity index (χ4v) is 2.85. The molecule has 0 aliphatic heterocycles. The van der Waals surface area contributed by atoms with Gasteiger partial charge in [0, 0.05) is 6.54 Å². The lowest BCUT2D eigenvalue weighted by atomic mass is 9.98. The van der Waals surface area contributed by atoms with E-state index in [-0.39, 0.29) is 5.56 Å². The van der Waals surface area contributed by atoms with E-state index in [0.717, 1.165) is 30.0 Å². The van der Waals surface area contributed by atoms with Crippen molar-refractivity contribution in [1.82, 2.24) is 0 Å². The number of carboxylic acid groups (broad SMARTS) is 1. The molecule has 0 aromatic heterocycles. The number of nitrogens with one attached hydrogen (secondary N) is 1. The molecule has 0 spiro atoms. The average Bonchev–Trinajstić information content (AvgIpc) is 3.25. The number of aromatic carboxylic acids is 1. The molecule has 0 amide bonds. The van der Waals surface area contributed by atoms with Gasteiger partial charge in [0.2, 0.25) is 0 Å². The number of nitrogens with two attached hydrogens (primary N) is 1. The summed E-state index contributed by atoms with van der Waals surface area (Å²) in [5, 5.41) is 12.3. The predicted molar refractivity (Wildman–Crippen MR) is 75.2 cm³/mol. The zero-order chi connectivity index (χ0) is 13.4. The van der Waals surface area contributed by atoms with Gasteiger partial charge in [-0.2, -0.15) is 0 Å². The molecule has 0 unspecified atom stereocenters. The van der Waals surface area contributed by atoms with Gasteiger partial charge in [0.05, 0.1) is 16.9 Å². The number of benzene rings is 1. The Morgan fingerprint density at radius 2 is 1.95 bits per heavy atom. The largest absolute Gasteiger partial charge is 0.478 e. The summed E-state index contributed by atoms with van der Waals surface area (Å²) in [6, 6.07) is 4.90. The van der Waals surface area contributed by atoms with Crippen LogP contribution in [0.3, 0.4) is 0 Å². The van der Waals surface area contributed by atoms with E-state index in [1.165, 1.54) is 31.7 Å². The fourth-order valence-electron chi connectivity index (χ4n) is 2.85. The average molecular weight is 260 g/mol. The topological polar surface area (TPSA) is 75.4 Å². The molecule has 4 heteroatoms. The van der Waals surface area contributed by atoms with Crippen LogP contribution in [0.5, 0.6) is 0 Å². The summed E-state index contributed by atoms with van der Waals surface area (Å²) in [4.78, 5) is 10.8. The molecule has 4 nitrogen and oxygen atoms in total. The summed E-state index contributed by atoms with van der Waals surface area (Å²) in [6.45, 7) is 0.964. The second-order valence-electron chi connectivity index (χ2n) is 5.83. The summed E-state index contributed by atoms with van der Waals surface area (Å²) in [6.07, 6.45) is 5.49. The molecule has 102 valence electrons. The third-order valence-electron chi connectivity index (χ3n) is 4.28. The number of carboxylic acids is 1. The maximum absolute atomic E-state index is 10.8. The quantitative estimate of drug-likeness (QED) is 0.687. The number of carbonyl (C=O) groups is 1. The Morgan fingerprint density at radius 1 is 1.32 bits per heavy atom. The smallest absolute Gasteiger partial charge is 0.335 e. The van der Waals surface area contributed by atoms with Gasteiger partial charge < -0.3 is 16.2 Å². The number of hydrogen-bond acceptors (Lipinski definition) is 3. The standard InChI is InChI=1S/C15H20N2O2/c16-13-7-11(15(18)19)5-6-14(13)17-8-12(9-1-2-9)10-3-4-10/h5-7,9-10,12,17H,1-4,8,16H2,(H,18,19). The number of nitrogen functional groups attached to an aromatic ring is 1. The van der Waals surface area contributed by atoms with Crippen molar-refractivity contribution in [2.75, 3.05) is 17.6 Å². The fraction of sp³-hybridized carbons (Fsp3) is 0.533. The normalized spacial score (nSPS) is 18.6. The van der Waals surface area contributed by atoms with Crippen molar-refractivity contribution >= 4 is 17.3 Å². The van der Waals surface area contributed by atoms with Crippen molar-refractivity contribution < 1.29 is 9.90 Å². The third kappa shape index (κ3) is 2.83. The van der Waals surface area contributed by atoms with E-state index in [1.807, 2.05) is 0 Å². The minimum atomic E-state index is -0.938. The molecular weight excluding hydrogens is 240 g/mol. The number of anilines is 2. The Hall–Kier alpha value is -1.71. The molecule has 1 aromatic carbocycles. The van der Waals surface area contributed by atoms with Crippen LogP contribution in [-0.4, -0.2) is 17.6 Å². The third-order valence-corrected chi connectivity index (χ3v) is 4.28. The number of hydrogen-bond donors (Lipinski definition) is 3. The van der Waals surface area contributed by atoms with Gasteiger partial charge in [-0.05, 0) is 61.6 Å². The monoisotopic (exact) mass is 260 g/mol. The van der Waals surface area contributed by atoms with E-state index in [9.17, 15) is 4.79 Å². The van der Waals surface area contributed by atoms with E-state index < -0.39 is 5.97 Å². The van der Waals surface area contributed by atoms with Crippen LogP contribution in [0.25, 0.3) is 0 Å². The molecule has 2 fully saturated rings. The Labute approximate surface area is 113 Å². The number of rotatable bonds is 6. The van der Waals surface area contributed by atoms with Crippen molar-refractivity contribution in [3.05, 3.63) is 23.8 Å². The van der Waals surface area contributed by atoms with Crippen LogP contribution in [-0.2, 0) is 0 Å². The van der Waals surface area contributed by atoms with Crippen LogP contribution in [0.15, 0.2) is 18.2 Å². The Bertz CT molecular complexity index is 481. The highest BCUT2D eigenvalue weighted by atomic mass is 16.4. The first-order valence-corrected chi connectivity index (χ1v) is 7.02. The van der Waals surface area contributed by atoms with Crippen LogP contribution < -0.4 is 11.1 Å². The van der Waals surface area contributed by atoms with Crippen molar-refractivity contribution in [3.63, 3.8) is 0 Å². The molecule has 0 heterocycles. The first-order chi connectivity index (χ1) is 9.15. The van der Waals surface area contributed by atoms with Crippen LogP contribution >= 0.6 is 0 Å². The highest BCUT2D eigenvalue weighted by molar-refractivity contribution is 5.90. The van der Waals surface area contributed by atoms with Crippen LogP contribution in [0.1, 0.15) is 36.0 Å². The summed E-state index contributed by atoms with van der Waals surface area (Å²) >= 11 is 0. The molecule has 0 atom stereocenters. The van der Waals surface area contributed by atoms with E-state index in [2.05, 4.69) is 5.32 Å². The Morgan fingerprint density at radius 3 is 2.42 bits per heavy atom. The van der Waals surface area contributed by atoms with Crippen LogP contribution in [0.2, 0.25) is 0 Å². The van der Waals surface area contributed by atoms with Crippen molar-refractivity contribution in [2.45, 2.75) is 25.7 Å². The van der Waals surface area contributed by atoms with Gasteiger partial charge in [0.15, 0.2) is 0 Å². The van der Waals surface area contributed by atoms with Crippen LogP contribution in [0, 0.1) is 17.8 Å². The van der Waals surface area contributed by atoms with Gasteiger partial charge in [0.1, 0.15) is 0 Å². The second kappa shape index (κ2) is 4.76. The lowest BCUT2D eigenvalue weighted by molar-refractivity contribution is 0.0697. The molecule has 2 aliphatic rings. The van der Waals surface area contributed by atoms with Crippen molar-refractivity contribution in [3.8, 4) is 0 Å². The van der Waals surface area contributed by atoms with Gasteiger partial charge in [-0.3, -0.25) is 0 Å². The highest BCUT2D eigenvalue weighted by Crippen LogP contribution is 2.49. The van der Waals surface area contributed by atoms with Crippen molar-refractivity contribution in [1.29, 1.82) is 0 Å². The van der Waals surface area contributed by atoms with Crippen molar-refractivity contribution in [2.24, 2.45) is 17.8 Å². The van der Waals surface area contributed by atoms with Gasteiger partial charge in [-0.15, -0.1) is 0 Å². The van der Waals surface area contributed by atoms with Crippen LogP contribution in [0.4, 0.5) is 11.4 Å². The Kier molecular flexibility index (Phi) is 3.09. The van der Waals surface area contributed by atoms with E-state index in [0.29, 0.717) is 5.69 Å². The predicted octanol–water partition coefficient (Wildman–Crippen LogP) is 2.82. The Balaban J connectivity index is 1.64. The summed E-state index contributed by atoms with van der Waals surface area (Å²) in [5.41, 5.74) is 7.52. The molecular formula is C15H20N2O2. The lowest BCUT2D eigenvalue weighted by Gasteiger charge is -2.18. The molecule has 2 aliphatic carbocycles. The molecule has 19 heavy (non-hydrogen) atoms.